The molecular formula is C14H19N3S. The summed E-state index contributed by atoms with van der Waals surface area (Å²) in [4.78, 5) is 3.40. The maximum absolute atomic E-state index is 2.13. The molecule has 0 saturated heterocycles. The lowest BCUT2D eigenvalue weighted by Crippen LogP contribution is -2.20. The Balaban J connectivity index is 2.01. The normalized spacial score (nSPS) is 15.4. The second kappa shape index (κ2) is 5.40. The van der Waals surface area contributed by atoms with Crippen molar-refractivity contribution in [3.8, 4) is 0 Å². The molecule has 0 bridgehead atoms. The van der Waals surface area contributed by atoms with Crippen LogP contribution in [0.25, 0.3) is 6.08 Å². The van der Waals surface area contributed by atoms with Gasteiger partial charge >= 0.3 is 0 Å². The third kappa shape index (κ3) is 3.01. The molecule has 3 nitrogen and oxygen atoms in total. The van der Waals surface area contributed by atoms with Gasteiger partial charge < -0.3 is 4.90 Å². The van der Waals surface area contributed by atoms with Crippen LogP contribution in [0.2, 0.25) is 0 Å². The second-order valence-electron chi connectivity index (χ2n) is 4.51. The third-order valence-electron chi connectivity index (χ3n) is 2.72. The molecule has 1 aliphatic rings. The molecule has 0 atom stereocenters. The fourth-order valence-corrected chi connectivity index (χ4v) is 2.52. The molecule has 0 saturated carbocycles. The van der Waals surface area contributed by atoms with Gasteiger partial charge in [-0.05, 0) is 30.7 Å². The van der Waals surface area contributed by atoms with Crippen LogP contribution in [0.3, 0.4) is 0 Å². The van der Waals surface area contributed by atoms with Gasteiger partial charge in [0.1, 0.15) is 0 Å². The fraction of sp³-hybridized carbons (Fsp3) is 0.286. The van der Waals surface area contributed by atoms with E-state index in [1.165, 1.54) is 16.2 Å². The number of hydrogen-bond acceptors (Lipinski definition) is 4. The number of hydrazine groups is 1. The highest BCUT2D eigenvalue weighted by molar-refractivity contribution is 8.01. The summed E-state index contributed by atoms with van der Waals surface area (Å²) in [5, 5.41) is 2.07. The maximum Gasteiger partial charge on any atom is 0.0361 e. The van der Waals surface area contributed by atoms with Crippen molar-refractivity contribution < 1.29 is 0 Å². The largest absolute Gasteiger partial charge is 0.378 e. The van der Waals surface area contributed by atoms with E-state index in [1.807, 2.05) is 7.05 Å². The molecule has 0 aromatic heterocycles. The fourth-order valence-electron chi connectivity index (χ4n) is 1.72. The van der Waals surface area contributed by atoms with E-state index in [-0.39, 0.29) is 0 Å². The molecule has 0 aliphatic carbocycles. The van der Waals surface area contributed by atoms with Crippen LogP contribution < -0.4 is 4.90 Å². The predicted octanol–water partition coefficient (Wildman–Crippen LogP) is 3.40. The van der Waals surface area contributed by atoms with E-state index in [1.54, 1.807) is 11.9 Å². The zero-order chi connectivity index (χ0) is 13.1. The van der Waals surface area contributed by atoms with Gasteiger partial charge in [-0.2, -0.15) is 0 Å². The van der Waals surface area contributed by atoms with Gasteiger partial charge in [0.05, 0.1) is 0 Å². The number of anilines is 1. The standard InChI is InChI=1S/C14H19N3S/c1-12-11-16(4)17(18-12)10-9-13-5-7-14(8-6-13)15(2)3/h5-11H,1-4H3. The minimum Gasteiger partial charge on any atom is -0.378 e. The topological polar surface area (TPSA) is 9.72 Å². The number of nitrogens with zero attached hydrogens (tertiary/aromatic N) is 3. The number of rotatable bonds is 3. The molecule has 1 aromatic rings. The van der Waals surface area contributed by atoms with E-state index < -0.39 is 0 Å². The zero-order valence-corrected chi connectivity index (χ0v) is 12.1. The van der Waals surface area contributed by atoms with Crippen molar-refractivity contribution in [2.24, 2.45) is 0 Å². The maximum atomic E-state index is 2.13. The first-order valence-electron chi connectivity index (χ1n) is 5.90. The molecule has 18 heavy (non-hydrogen) atoms. The van der Waals surface area contributed by atoms with Crippen molar-refractivity contribution in [3.63, 3.8) is 0 Å². The highest BCUT2D eigenvalue weighted by Gasteiger charge is 2.12. The van der Waals surface area contributed by atoms with Crippen molar-refractivity contribution in [2.45, 2.75) is 6.92 Å². The van der Waals surface area contributed by atoms with Crippen molar-refractivity contribution >= 4 is 23.7 Å². The molecule has 96 valence electrons. The van der Waals surface area contributed by atoms with Crippen LogP contribution in [0.1, 0.15) is 12.5 Å². The highest BCUT2D eigenvalue weighted by atomic mass is 32.2. The summed E-state index contributed by atoms with van der Waals surface area (Å²) >= 11 is 1.73. The average molecular weight is 261 g/mol. The first-order valence-corrected chi connectivity index (χ1v) is 6.67. The van der Waals surface area contributed by atoms with Crippen molar-refractivity contribution in [1.82, 2.24) is 9.42 Å². The average Bonchev–Trinajstić information content (AvgIpc) is 2.66. The van der Waals surface area contributed by atoms with Gasteiger partial charge in [-0.1, -0.05) is 12.1 Å². The van der Waals surface area contributed by atoms with Crippen LogP contribution in [-0.4, -0.2) is 30.6 Å². The Labute approximate surface area is 113 Å². The zero-order valence-electron chi connectivity index (χ0n) is 11.3. The molecule has 1 aliphatic heterocycles. The Bertz CT molecular complexity index is 462. The molecule has 1 aromatic carbocycles. The van der Waals surface area contributed by atoms with Crippen LogP contribution in [0.5, 0.6) is 0 Å². The van der Waals surface area contributed by atoms with Crippen LogP contribution >= 0.6 is 11.9 Å². The molecule has 0 fully saturated rings. The summed E-state index contributed by atoms with van der Waals surface area (Å²) in [6, 6.07) is 8.52. The minimum atomic E-state index is 1.21. The Morgan fingerprint density at radius 1 is 1.17 bits per heavy atom. The van der Waals surface area contributed by atoms with Gasteiger partial charge in [-0.25, -0.2) is 4.41 Å². The van der Waals surface area contributed by atoms with Crippen molar-refractivity contribution in [1.29, 1.82) is 0 Å². The quantitative estimate of drug-likeness (QED) is 0.771. The molecular weight excluding hydrogens is 242 g/mol. The Morgan fingerprint density at radius 3 is 2.33 bits per heavy atom. The first kappa shape index (κ1) is 12.9. The smallest absolute Gasteiger partial charge is 0.0361 e. The number of hydrogen-bond donors (Lipinski definition) is 0. The van der Waals surface area contributed by atoms with E-state index in [4.69, 9.17) is 0 Å². The van der Waals surface area contributed by atoms with Gasteiger partial charge in [0.25, 0.3) is 0 Å². The summed E-state index contributed by atoms with van der Waals surface area (Å²) in [5.41, 5.74) is 2.43. The van der Waals surface area contributed by atoms with E-state index in [0.29, 0.717) is 0 Å². The summed E-state index contributed by atoms with van der Waals surface area (Å²) in [6.45, 7) is 2.11. The number of benzene rings is 1. The van der Waals surface area contributed by atoms with Crippen LogP contribution in [0.4, 0.5) is 5.69 Å². The molecule has 1 heterocycles. The molecule has 0 spiro atoms. The van der Waals surface area contributed by atoms with E-state index in [9.17, 15) is 0 Å². The van der Waals surface area contributed by atoms with Gasteiger partial charge in [0, 0.05) is 56.1 Å². The Morgan fingerprint density at radius 2 is 1.83 bits per heavy atom. The summed E-state index contributed by atoms with van der Waals surface area (Å²) in [7, 11) is 6.15. The minimum absolute atomic E-state index is 1.21. The lowest BCUT2D eigenvalue weighted by atomic mass is 10.2. The monoisotopic (exact) mass is 261 g/mol. The summed E-state index contributed by atoms with van der Waals surface area (Å²) < 4.78 is 2.11. The predicted molar refractivity (Wildman–Crippen MR) is 80.8 cm³/mol. The van der Waals surface area contributed by atoms with Crippen molar-refractivity contribution in [3.05, 3.63) is 47.1 Å². The van der Waals surface area contributed by atoms with Crippen molar-refractivity contribution in [2.75, 3.05) is 26.0 Å². The molecule has 0 amide bonds. The highest BCUT2D eigenvalue weighted by Crippen LogP contribution is 2.30. The van der Waals surface area contributed by atoms with Gasteiger partial charge in [-0.15, -0.1) is 0 Å². The van der Waals surface area contributed by atoms with Crippen LogP contribution in [0.15, 0.2) is 41.6 Å². The Kier molecular flexibility index (Phi) is 3.87. The molecule has 0 unspecified atom stereocenters. The summed E-state index contributed by atoms with van der Waals surface area (Å²) in [5.74, 6) is 0. The molecule has 2 rings (SSSR count). The molecule has 0 radical (unpaired) electrons. The second-order valence-corrected chi connectivity index (χ2v) is 5.71. The molecule has 4 heteroatoms. The Hall–Kier alpha value is -1.55. The molecule has 0 N–H and O–H groups in total. The third-order valence-corrected chi connectivity index (χ3v) is 3.68. The lowest BCUT2D eigenvalue weighted by molar-refractivity contribution is 0.249. The van der Waals surface area contributed by atoms with E-state index in [2.05, 4.69) is 78.1 Å². The lowest BCUT2D eigenvalue weighted by Gasteiger charge is -2.21. The summed E-state index contributed by atoms with van der Waals surface area (Å²) in [6.07, 6.45) is 6.32. The number of allylic oxidation sites excluding steroid dienone is 1. The first-order chi connectivity index (χ1) is 8.56. The SMILES string of the molecule is CC1=CN(C)N(C=Cc2ccc(N(C)C)cc2)S1. The van der Waals surface area contributed by atoms with E-state index >= 15 is 0 Å². The van der Waals surface area contributed by atoms with Gasteiger partial charge in [0.15, 0.2) is 0 Å². The van der Waals surface area contributed by atoms with Crippen LogP contribution in [0, 0.1) is 0 Å². The van der Waals surface area contributed by atoms with Crippen LogP contribution in [-0.2, 0) is 0 Å². The van der Waals surface area contributed by atoms with E-state index in [0.717, 1.165) is 0 Å². The van der Waals surface area contributed by atoms with Gasteiger partial charge in [0.2, 0.25) is 0 Å². The van der Waals surface area contributed by atoms with Gasteiger partial charge in [-0.3, -0.25) is 5.01 Å².